The van der Waals surface area contributed by atoms with Crippen LogP contribution in [-0.2, 0) is 14.8 Å². The Balaban J connectivity index is 1.44. The van der Waals surface area contributed by atoms with Crippen LogP contribution in [0.1, 0.15) is 37.7 Å². The molecule has 0 spiro atoms. The average molecular weight is 429 g/mol. The Labute approximate surface area is 178 Å². The summed E-state index contributed by atoms with van der Waals surface area (Å²) in [7, 11) is -2.02. The maximum atomic E-state index is 13.3. The van der Waals surface area contributed by atoms with Crippen LogP contribution in [0.3, 0.4) is 0 Å². The van der Waals surface area contributed by atoms with Crippen LogP contribution >= 0.6 is 0 Å². The van der Waals surface area contributed by atoms with Gasteiger partial charge in [0, 0.05) is 31.2 Å². The Bertz CT molecular complexity index is 1010. The van der Waals surface area contributed by atoms with E-state index in [-0.39, 0.29) is 16.7 Å². The van der Waals surface area contributed by atoms with E-state index in [1.54, 1.807) is 31.4 Å². The monoisotopic (exact) mass is 428 g/mol. The molecular formula is C23H28N2O4S. The smallest absolute Gasteiger partial charge is 0.243 e. The fourth-order valence-electron chi connectivity index (χ4n) is 4.44. The van der Waals surface area contributed by atoms with Crippen LogP contribution in [0, 0.1) is 5.92 Å². The molecule has 1 amide bonds. The number of piperidine rings is 1. The van der Waals surface area contributed by atoms with Gasteiger partial charge in [-0.1, -0.05) is 25.1 Å². The van der Waals surface area contributed by atoms with Gasteiger partial charge in [0.15, 0.2) is 0 Å². The van der Waals surface area contributed by atoms with Crippen LogP contribution < -0.4 is 9.64 Å². The van der Waals surface area contributed by atoms with E-state index in [9.17, 15) is 13.2 Å². The molecule has 6 nitrogen and oxygen atoms in total. The van der Waals surface area contributed by atoms with Crippen molar-refractivity contribution in [3.8, 4) is 5.75 Å². The lowest BCUT2D eigenvalue weighted by atomic mass is 9.89. The minimum atomic E-state index is -3.56. The second-order valence-electron chi connectivity index (χ2n) is 8.09. The van der Waals surface area contributed by atoms with E-state index in [1.165, 1.54) is 9.87 Å². The first-order valence-electron chi connectivity index (χ1n) is 10.5. The summed E-state index contributed by atoms with van der Waals surface area (Å²) >= 11 is 0. The number of hydrogen-bond donors (Lipinski definition) is 0. The van der Waals surface area contributed by atoms with E-state index in [0.29, 0.717) is 37.6 Å². The number of hydrogen-bond acceptors (Lipinski definition) is 4. The molecule has 0 bridgehead atoms. The molecule has 0 radical (unpaired) electrons. The summed E-state index contributed by atoms with van der Waals surface area (Å²) in [6.45, 7) is 3.64. The maximum absolute atomic E-state index is 13.3. The van der Waals surface area contributed by atoms with E-state index >= 15 is 0 Å². The van der Waals surface area contributed by atoms with Crippen molar-refractivity contribution in [1.29, 1.82) is 0 Å². The van der Waals surface area contributed by atoms with Gasteiger partial charge in [0.25, 0.3) is 0 Å². The molecule has 2 aromatic rings. The lowest BCUT2D eigenvalue weighted by Crippen LogP contribution is -2.46. The molecule has 4 rings (SSSR count). The van der Waals surface area contributed by atoms with Crippen molar-refractivity contribution in [2.24, 2.45) is 5.92 Å². The van der Waals surface area contributed by atoms with Crippen LogP contribution in [0.4, 0.5) is 5.69 Å². The van der Waals surface area contributed by atoms with Crippen LogP contribution in [-0.4, -0.2) is 45.4 Å². The first-order valence-corrected chi connectivity index (χ1v) is 11.9. The van der Waals surface area contributed by atoms with Crippen LogP contribution in [0.25, 0.3) is 0 Å². The number of nitrogens with zero attached hydrogens (tertiary/aromatic N) is 2. The molecule has 30 heavy (non-hydrogen) atoms. The number of fused-ring (bicyclic) bond motifs is 1. The Hall–Kier alpha value is -2.38. The second kappa shape index (κ2) is 8.40. The van der Waals surface area contributed by atoms with E-state index in [0.717, 1.165) is 18.7 Å². The topological polar surface area (TPSA) is 66.9 Å². The quantitative estimate of drug-likeness (QED) is 0.746. The number of carbonyl (C=O) groups excluding carboxylic acids is 1. The Morgan fingerprint density at radius 2 is 1.63 bits per heavy atom. The highest BCUT2D eigenvalue weighted by molar-refractivity contribution is 7.89. The lowest BCUT2D eigenvalue weighted by molar-refractivity contribution is -0.123. The summed E-state index contributed by atoms with van der Waals surface area (Å²) in [4.78, 5) is 15.4. The van der Waals surface area contributed by atoms with E-state index in [4.69, 9.17) is 4.74 Å². The Morgan fingerprint density at radius 3 is 2.30 bits per heavy atom. The summed E-state index contributed by atoms with van der Waals surface area (Å²) in [6, 6.07) is 14.5. The number of carbonyl (C=O) groups is 1. The van der Waals surface area contributed by atoms with Crippen molar-refractivity contribution >= 4 is 21.6 Å². The van der Waals surface area contributed by atoms with Gasteiger partial charge in [-0.2, -0.15) is 4.31 Å². The summed E-state index contributed by atoms with van der Waals surface area (Å²) in [6.07, 6.45) is 2.04. The average Bonchev–Trinajstić information content (AvgIpc) is 2.79. The number of methoxy groups -OCH3 is 1. The number of anilines is 1. The van der Waals surface area contributed by atoms with E-state index in [1.807, 2.05) is 23.1 Å². The third kappa shape index (κ3) is 3.84. The van der Waals surface area contributed by atoms with Gasteiger partial charge >= 0.3 is 0 Å². The first-order chi connectivity index (χ1) is 14.4. The van der Waals surface area contributed by atoms with Crippen molar-refractivity contribution < 1.29 is 17.9 Å². The van der Waals surface area contributed by atoms with E-state index in [2.05, 4.69) is 13.0 Å². The van der Waals surface area contributed by atoms with Crippen LogP contribution in [0.2, 0.25) is 0 Å². The van der Waals surface area contributed by atoms with Gasteiger partial charge in [-0.05, 0) is 61.1 Å². The largest absolute Gasteiger partial charge is 0.497 e. The van der Waals surface area contributed by atoms with Crippen LogP contribution in [0.5, 0.6) is 5.75 Å². The molecule has 1 unspecified atom stereocenters. The number of ether oxygens (including phenoxy) is 1. The third-order valence-corrected chi connectivity index (χ3v) is 8.22. The van der Waals surface area contributed by atoms with Crippen molar-refractivity contribution in [1.82, 2.24) is 4.31 Å². The molecule has 1 saturated heterocycles. The van der Waals surface area contributed by atoms with Crippen molar-refractivity contribution in [3.63, 3.8) is 0 Å². The zero-order chi connectivity index (χ0) is 21.3. The molecule has 0 aliphatic carbocycles. The van der Waals surface area contributed by atoms with Crippen molar-refractivity contribution in [2.45, 2.75) is 37.0 Å². The molecule has 2 heterocycles. The van der Waals surface area contributed by atoms with Gasteiger partial charge in [-0.15, -0.1) is 0 Å². The molecule has 0 N–H and O–H groups in total. The maximum Gasteiger partial charge on any atom is 0.243 e. The molecule has 7 heteroatoms. The number of sulfonamides is 1. The molecule has 2 aliphatic rings. The molecule has 160 valence electrons. The lowest BCUT2D eigenvalue weighted by Gasteiger charge is -2.37. The van der Waals surface area contributed by atoms with Gasteiger partial charge in [-0.25, -0.2) is 8.42 Å². The highest BCUT2D eigenvalue weighted by Crippen LogP contribution is 2.36. The zero-order valence-electron chi connectivity index (χ0n) is 17.5. The number of para-hydroxylation sites is 1. The van der Waals surface area contributed by atoms with Crippen molar-refractivity contribution in [2.75, 3.05) is 31.6 Å². The summed E-state index contributed by atoms with van der Waals surface area (Å²) in [5.41, 5.74) is 2.23. The zero-order valence-corrected chi connectivity index (χ0v) is 18.3. The van der Waals surface area contributed by atoms with Gasteiger partial charge in [0.05, 0.1) is 12.0 Å². The van der Waals surface area contributed by atoms with Crippen LogP contribution in [0.15, 0.2) is 53.4 Å². The standard InChI is InChI=1S/C23H28N2O4S/c1-17-11-16-25(22-6-4-3-5-21(17)22)23(26)18-12-14-24(15-13-18)30(27,28)20-9-7-19(29-2)8-10-20/h3-10,17-18H,11-16H2,1-2H3. The number of rotatable bonds is 4. The summed E-state index contributed by atoms with van der Waals surface area (Å²) in [5, 5.41) is 0. The second-order valence-corrected chi connectivity index (χ2v) is 10.0. The molecule has 1 atom stereocenters. The van der Waals surface area contributed by atoms with Crippen molar-refractivity contribution in [3.05, 3.63) is 54.1 Å². The molecular weight excluding hydrogens is 400 g/mol. The first kappa shape index (κ1) is 20.9. The Kier molecular flexibility index (Phi) is 5.84. The SMILES string of the molecule is COc1ccc(S(=O)(=O)N2CCC(C(=O)N3CCC(C)c4ccccc43)CC2)cc1. The third-order valence-electron chi connectivity index (χ3n) is 6.31. The minimum Gasteiger partial charge on any atom is -0.497 e. The molecule has 1 fully saturated rings. The number of amides is 1. The minimum absolute atomic E-state index is 0.121. The Morgan fingerprint density at radius 1 is 0.967 bits per heavy atom. The molecule has 2 aliphatic heterocycles. The summed E-state index contributed by atoms with van der Waals surface area (Å²) in [5.74, 6) is 1.04. The summed E-state index contributed by atoms with van der Waals surface area (Å²) < 4.78 is 32.5. The molecule has 0 saturated carbocycles. The van der Waals surface area contributed by atoms with Gasteiger partial charge in [0.2, 0.25) is 15.9 Å². The fraction of sp³-hybridized carbons (Fsp3) is 0.435. The predicted molar refractivity (Wildman–Crippen MR) is 116 cm³/mol. The van der Waals surface area contributed by atoms with E-state index < -0.39 is 10.0 Å². The molecule has 2 aromatic carbocycles. The van der Waals surface area contributed by atoms with Gasteiger partial charge in [-0.3, -0.25) is 4.79 Å². The fourth-order valence-corrected chi connectivity index (χ4v) is 5.91. The highest BCUT2D eigenvalue weighted by Gasteiger charge is 2.36. The number of benzene rings is 2. The normalized spacial score (nSPS) is 20.6. The van der Waals surface area contributed by atoms with Gasteiger partial charge in [0.1, 0.15) is 5.75 Å². The van der Waals surface area contributed by atoms with Gasteiger partial charge < -0.3 is 9.64 Å². The molecule has 0 aromatic heterocycles. The highest BCUT2D eigenvalue weighted by atomic mass is 32.2. The predicted octanol–water partition coefficient (Wildman–Crippen LogP) is 3.64.